The summed E-state index contributed by atoms with van der Waals surface area (Å²) in [5.41, 5.74) is -0.598. The minimum atomic E-state index is -3.70. The molecule has 2 N–H and O–H groups in total. The van der Waals surface area contributed by atoms with Crippen LogP contribution in [0.3, 0.4) is 0 Å². The lowest BCUT2D eigenvalue weighted by atomic mass is 10.1. The van der Waals surface area contributed by atoms with Gasteiger partial charge in [-0.25, -0.2) is 13.1 Å². The number of aliphatic hydroxyl groups excluding tert-OH is 1. The SMILES string of the molecule is COC(C)(C)CNS(=O)(=O)c1ccc(CO)o1. The van der Waals surface area contributed by atoms with E-state index in [1.165, 1.54) is 19.2 Å². The monoisotopic (exact) mass is 263 g/mol. The van der Waals surface area contributed by atoms with Gasteiger partial charge in [0.2, 0.25) is 5.09 Å². The quantitative estimate of drug-likeness (QED) is 0.779. The molecule has 0 saturated heterocycles. The van der Waals surface area contributed by atoms with Crippen LogP contribution in [0, 0.1) is 0 Å². The minimum absolute atomic E-state index is 0.126. The van der Waals surface area contributed by atoms with Crippen LogP contribution in [-0.2, 0) is 21.4 Å². The Morgan fingerprint density at radius 2 is 2.12 bits per heavy atom. The van der Waals surface area contributed by atoms with Crippen LogP contribution in [0.25, 0.3) is 0 Å². The standard InChI is InChI=1S/C10H17NO5S/c1-10(2,15-3)7-11-17(13,14)9-5-4-8(6-12)16-9/h4-5,11-12H,6-7H2,1-3H3. The zero-order valence-electron chi connectivity index (χ0n) is 10.1. The zero-order chi connectivity index (χ0) is 13.1. The van der Waals surface area contributed by atoms with Crippen LogP contribution in [-0.4, -0.2) is 32.8 Å². The van der Waals surface area contributed by atoms with Crippen molar-refractivity contribution >= 4 is 10.0 Å². The maximum Gasteiger partial charge on any atom is 0.274 e. The molecule has 0 atom stereocenters. The molecule has 0 amide bonds. The number of hydrogen-bond donors (Lipinski definition) is 2. The van der Waals surface area contributed by atoms with E-state index in [9.17, 15) is 8.42 Å². The van der Waals surface area contributed by atoms with Gasteiger partial charge < -0.3 is 14.3 Å². The van der Waals surface area contributed by atoms with Crippen molar-refractivity contribution in [2.75, 3.05) is 13.7 Å². The van der Waals surface area contributed by atoms with Crippen LogP contribution < -0.4 is 4.72 Å². The Bertz CT molecular complexity index is 463. The highest BCUT2D eigenvalue weighted by molar-refractivity contribution is 7.89. The third kappa shape index (κ3) is 3.81. The van der Waals surface area contributed by atoms with E-state index < -0.39 is 15.6 Å². The largest absolute Gasteiger partial charge is 0.446 e. The third-order valence-electron chi connectivity index (χ3n) is 2.30. The number of sulfonamides is 1. The van der Waals surface area contributed by atoms with Gasteiger partial charge in [-0.1, -0.05) is 0 Å². The normalized spacial score (nSPS) is 12.9. The first kappa shape index (κ1) is 14.2. The number of rotatable bonds is 6. The lowest BCUT2D eigenvalue weighted by Crippen LogP contribution is -2.39. The highest BCUT2D eigenvalue weighted by Crippen LogP contribution is 2.14. The molecule has 0 unspecified atom stereocenters. The second-order valence-electron chi connectivity index (χ2n) is 4.17. The maximum atomic E-state index is 11.8. The summed E-state index contributed by atoms with van der Waals surface area (Å²) < 4.78 is 36.0. The van der Waals surface area contributed by atoms with Gasteiger partial charge in [0.15, 0.2) is 0 Å². The average molecular weight is 263 g/mol. The molecule has 1 rings (SSSR count). The molecule has 98 valence electrons. The Kier molecular flexibility index (Phi) is 4.31. The molecule has 0 saturated carbocycles. The highest BCUT2D eigenvalue weighted by Gasteiger charge is 2.23. The van der Waals surface area contributed by atoms with Crippen LogP contribution in [0.2, 0.25) is 0 Å². The van der Waals surface area contributed by atoms with Crippen LogP contribution in [0.1, 0.15) is 19.6 Å². The number of furan rings is 1. The Labute approximate surface area is 101 Å². The number of ether oxygens (including phenoxy) is 1. The van der Waals surface area contributed by atoms with Gasteiger partial charge in [-0.3, -0.25) is 0 Å². The molecule has 0 aliphatic carbocycles. The van der Waals surface area contributed by atoms with Crippen molar-refractivity contribution in [3.8, 4) is 0 Å². The molecule has 17 heavy (non-hydrogen) atoms. The molecule has 1 aromatic rings. The molecule has 1 aromatic heterocycles. The van der Waals surface area contributed by atoms with E-state index >= 15 is 0 Å². The van der Waals surface area contributed by atoms with Gasteiger partial charge in [-0.15, -0.1) is 0 Å². The summed E-state index contributed by atoms with van der Waals surface area (Å²) in [6.45, 7) is 3.31. The molecular formula is C10H17NO5S. The van der Waals surface area contributed by atoms with Gasteiger partial charge in [0.25, 0.3) is 10.0 Å². The molecule has 1 heterocycles. The van der Waals surface area contributed by atoms with E-state index in [1.807, 2.05) is 0 Å². The van der Waals surface area contributed by atoms with Gasteiger partial charge in [0.05, 0.1) is 5.60 Å². The van der Waals surface area contributed by atoms with Gasteiger partial charge in [-0.2, -0.15) is 0 Å². The lowest BCUT2D eigenvalue weighted by molar-refractivity contribution is 0.0275. The Morgan fingerprint density at radius 3 is 2.59 bits per heavy atom. The number of aliphatic hydroxyl groups is 1. The number of hydrogen-bond acceptors (Lipinski definition) is 5. The number of methoxy groups -OCH3 is 1. The van der Waals surface area contributed by atoms with Crippen molar-refractivity contribution in [1.82, 2.24) is 4.72 Å². The Hall–Kier alpha value is -0.890. The Morgan fingerprint density at radius 1 is 1.47 bits per heavy atom. The van der Waals surface area contributed by atoms with Crippen LogP contribution in [0.4, 0.5) is 0 Å². The molecule has 7 heteroatoms. The number of nitrogens with one attached hydrogen (secondary N) is 1. The van der Waals surface area contributed by atoms with E-state index in [1.54, 1.807) is 13.8 Å². The lowest BCUT2D eigenvalue weighted by Gasteiger charge is -2.22. The van der Waals surface area contributed by atoms with Crippen molar-refractivity contribution in [3.05, 3.63) is 17.9 Å². The maximum absolute atomic E-state index is 11.8. The summed E-state index contributed by atoms with van der Waals surface area (Å²) in [6, 6.07) is 2.71. The second-order valence-corrected chi connectivity index (χ2v) is 5.87. The molecular weight excluding hydrogens is 246 g/mol. The summed E-state index contributed by atoms with van der Waals surface area (Å²) in [4.78, 5) is 0. The molecule has 0 aromatic carbocycles. The first-order valence-electron chi connectivity index (χ1n) is 5.05. The van der Waals surface area contributed by atoms with Crippen LogP contribution in [0.5, 0.6) is 0 Å². The van der Waals surface area contributed by atoms with Crippen molar-refractivity contribution in [3.63, 3.8) is 0 Å². The van der Waals surface area contributed by atoms with E-state index in [2.05, 4.69) is 4.72 Å². The first-order valence-corrected chi connectivity index (χ1v) is 6.53. The van der Waals surface area contributed by atoms with Crippen molar-refractivity contribution in [2.24, 2.45) is 0 Å². The molecule has 0 aliphatic heterocycles. The molecule has 0 fully saturated rings. The smallest absolute Gasteiger partial charge is 0.274 e. The van der Waals surface area contributed by atoms with Crippen molar-refractivity contribution in [1.29, 1.82) is 0 Å². The first-order chi connectivity index (χ1) is 7.80. The predicted molar refractivity (Wildman–Crippen MR) is 60.9 cm³/mol. The summed E-state index contributed by atoms with van der Waals surface area (Å²) in [7, 11) is -2.20. The van der Waals surface area contributed by atoms with Crippen LogP contribution in [0.15, 0.2) is 21.6 Å². The Balaban J connectivity index is 2.76. The van der Waals surface area contributed by atoms with Crippen molar-refractivity contribution in [2.45, 2.75) is 31.1 Å². The van der Waals surface area contributed by atoms with Gasteiger partial charge in [0.1, 0.15) is 12.4 Å². The average Bonchev–Trinajstić information content (AvgIpc) is 2.76. The fourth-order valence-corrected chi connectivity index (χ4v) is 2.14. The van der Waals surface area contributed by atoms with E-state index in [0.717, 1.165) is 0 Å². The fourth-order valence-electron chi connectivity index (χ4n) is 1.000. The summed E-state index contributed by atoms with van der Waals surface area (Å²) in [6.07, 6.45) is 0. The van der Waals surface area contributed by atoms with E-state index in [0.29, 0.717) is 0 Å². The predicted octanol–water partition coefficient (Wildman–Crippen LogP) is 0.475. The minimum Gasteiger partial charge on any atom is -0.446 e. The fraction of sp³-hybridized carbons (Fsp3) is 0.600. The second kappa shape index (κ2) is 5.18. The topological polar surface area (TPSA) is 88.8 Å². The molecule has 0 radical (unpaired) electrons. The van der Waals surface area contributed by atoms with E-state index in [4.69, 9.17) is 14.3 Å². The van der Waals surface area contributed by atoms with Gasteiger partial charge in [0, 0.05) is 13.7 Å². The van der Waals surface area contributed by atoms with Crippen LogP contribution >= 0.6 is 0 Å². The van der Waals surface area contributed by atoms with Crippen molar-refractivity contribution < 1.29 is 22.7 Å². The van der Waals surface area contributed by atoms with Gasteiger partial charge in [-0.05, 0) is 26.0 Å². The molecule has 0 spiro atoms. The summed E-state index contributed by atoms with van der Waals surface area (Å²) >= 11 is 0. The third-order valence-corrected chi connectivity index (χ3v) is 3.57. The summed E-state index contributed by atoms with van der Waals surface area (Å²) in [5.74, 6) is 0.205. The zero-order valence-corrected chi connectivity index (χ0v) is 10.9. The van der Waals surface area contributed by atoms with Gasteiger partial charge >= 0.3 is 0 Å². The summed E-state index contributed by atoms with van der Waals surface area (Å²) in [5, 5.41) is 8.57. The van der Waals surface area contributed by atoms with E-state index in [-0.39, 0.29) is 24.0 Å². The highest BCUT2D eigenvalue weighted by atomic mass is 32.2. The molecule has 6 nitrogen and oxygen atoms in total. The molecule has 0 aliphatic rings. The molecule has 0 bridgehead atoms.